The Kier molecular flexibility index (Phi) is 4.08. The Morgan fingerprint density at radius 1 is 1.32 bits per heavy atom. The maximum absolute atomic E-state index is 12.3. The summed E-state index contributed by atoms with van der Waals surface area (Å²) in [4.78, 5) is 18.3. The highest BCUT2D eigenvalue weighted by Crippen LogP contribution is 2.31. The second kappa shape index (κ2) is 6.02. The molecule has 0 aliphatic heterocycles. The largest absolute Gasteiger partial charge is 0.456 e. The molecule has 3 rings (SSSR count). The van der Waals surface area contributed by atoms with Crippen LogP contribution in [0.4, 0.5) is 0 Å². The number of carbonyl (C=O) groups is 1. The maximum atomic E-state index is 12.3. The summed E-state index contributed by atoms with van der Waals surface area (Å²) >= 11 is 2.96. The molecule has 5 nitrogen and oxygen atoms in total. The first-order valence-electron chi connectivity index (χ1n) is 6.66. The van der Waals surface area contributed by atoms with Crippen LogP contribution in [-0.2, 0) is 11.3 Å². The molecule has 0 N–H and O–H groups in total. The number of aromatic nitrogens is 2. The summed E-state index contributed by atoms with van der Waals surface area (Å²) in [5, 5.41) is 6.68. The van der Waals surface area contributed by atoms with Gasteiger partial charge >= 0.3 is 5.97 Å². The van der Waals surface area contributed by atoms with Crippen molar-refractivity contribution >= 4 is 28.6 Å². The van der Waals surface area contributed by atoms with Gasteiger partial charge in [0.25, 0.3) is 0 Å². The standard InChI is InChI=1S/C15H14N2O3S2/c1-8-11(10(3)20-17-8)7-19-15(18)13-9(2)16-14(22-13)12-5-4-6-21-12/h4-6H,7H2,1-3H3. The molecule has 3 aromatic rings. The summed E-state index contributed by atoms with van der Waals surface area (Å²) in [6.07, 6.45) is 0. The third kappa shape index (κ3) is 2.82. The van der Waals surface area contributed by atoms with Crippen LogP contribution in [0.2, 0.25) is 0 Å². The van der Waals surface area contributed by atoms with Gasteiger partial charge in [0.15, 0.2) is 0 Å². The first-order chi connectivity index (χ1) is 10.6. The first-order valence-corrected chi connectivity index (χ1v) is 8.36. The Morgan fingerprint density at radius 3 is 2.77 bits per heavy atom. The van der Waals surface area contributed by atoms with Crippen molar-refractivity contribution in [1.82, 2.24) is 10.1 Å². The van der Waals surface area contributed by atoms with Crippen LogP contribution in [0.25, 0.3) is 9.88 Å². The third-order valence-corrected chi connectivity index (χ3v) is 5.42. The molecule has 3 aromatic heterocycles. The Hall–Kier alpha value is -1.99. The number of rotatable bonds is 4. The molecule has 0 atom stereocenters. The Balaban J connectivity index is 1.75. The molecule has 0 saturated heterocycles. The van der Waals surface area contributed by atoms with Crippen molar-refractivity contribution in [3.63, 3.8) is 0 Å². The zero-order valence-corrected chi connectivity index (χ0v) is 14.0. The molecule has 0 radical (unpaired) electrons. The Bertz CT molecular complexity index is 783. The van der Waals surface area contributed by atoms with Crippen molar-refractivity contribution < 1.29 is 14.1 Å². The van der Waals surface area contributed by atoms with E-state index in [4.69, 9.17) is 9.26 Å². The predicted molar refractivity (Wildman–Crippen MR) is 85.3 cm³/mol. The number of thiophene rings is 1. The van der Waals surface area contributed by atoms with Crippen molar-refractivity contribution in [3.05, 3.63) is 45.1 Å². The summed E-state index contributed by atoms with van der Waals surface area (Å²) in [5.41, 5.74) is 2.25. The maximum Gasteiger partial charge on any atom is 0.350 e. The van der Waals surface area contributed by atoms with Crippen LogP contribution in [-0.4, -0.2) is 16.1 Å². The van der Waals surface area contributed by atoms with Gasteiger partial charge < -0.3 is 9.26 Å². The van der Waals surface area contributed by atoms with Gasteiger partial charge in [-0.05, 0) is 32.2 Å². The first kappa shape index (κ1) is 14.9. The van der Waals surface area contributed by atoms with Gasteiger partial charge in [0.2, 0.25) is 0 Å². The van der Waals surface area contributed by atoms with Gasteiger partial charge in [-0.25, -0.2) is 9.78 Å². The SMILES string of the molecule is Cc1nc(-c2cccs2)sc1C(=O)OCc1c(C)noc1C. The van der Waals surface area contributed by atoms with Gasteiger partial charge in [-0.1, -0.05) is 11.2 Å². The minimum Gasteiger partial charge on any atom is -0.456 e. The second-order valence-corrected chi connectivity index (χ2v) is 6.74. The number of thiazole rings is 1. The van der Waals surface area contributed by atoms with E-state index in [0.717, 1.165) is 21.1 Å². The lowest BCUT2D eigenvalue weighted by Crippen LogP contribution is -2.05. The van der Waals surface area contributed by atoms with E-state index in [2.05, 4.69) is 10.1 Å². The van der Waals surface area contributed by atoms with Crippen LogP contribution in [0.1, 0.15) is 32.4 Å². The van der Waals surface area contributed by atoms with E-state index in [1.807, 2.05) is 31.4 Å². The monoisotopic (exact) mass is 334 g/mol. The van der Waals surface area contributed by atoms with Crippen molar-refractivity contribution in [2.75, 3.05) is 0 Å². The van der Waals surface area contributed by atoms with Gasteiger partial charge in [0.1, 0.15) is 22.3 Å². The van der Waals surface area contributed by atoms with E-state index in [9.17, 15) is 4.79 Å². The molecule has 0 aliphatic rings. The van der Waals surface area contributed by atoms with Crippen molar-refractivity contribution in [3.8, 4) is 9.88 Å². The normalized spacial score (nSPS) is 10.9. The van der Waals surface area contributed by atoms with Crippen molar-refractivity contribution in [2.45, 2.75) is 27.4 Å². The molecule has 0 saturated carbocycles. The van der Waals surface area contributed by atoms with Crippen LogP contribution in [0.15, 0.2) is 22.0 Å². The average molecular weight is 334 g/mol. The Labute approximate surface area is 135 Å². The zero-order chi connectivity index (χ0) is 15.7. The van der Waals surface area contributed by atoms with Crippen molar-refractivity contribution in [2.24, 2.45) is 0 Å². The number of nitrogens with zero attached hydrogens (tertiary/aromatic N) is 2. The topological polar surface area (TPSA) is 65.2 Å². The number of esters is 1. The molecule has 0 unspecified atom stereocenters. The highest BCUT2D eigenvalue weighted by molar-refractivity contribution is 7.22. The van der Waals surface area contributed by atoms with Gasteiger partial charge in [-0.15, -0.1) is 22.7 Å². The second-order valence-electron chi connectivity index (χ2n) is 4.79. The molecular formula is C15H14N2O3S2. The minimum atomic E-state index is -0.363. The number of aryl methyl sites for hydroxylation is 3. The Morgan fingerprint density at radius 2 is 2.14 bits per heavy atom. The number of carbonyl (C=O) groups excluding carboxylic acids is 1. The molecule has 0 bridgehead atoms. The van der Waals surface area contributed by atoms with Gasteiger partial charge in [-0.2, -0.15) is 0 Å². The summed E-state index contributed by atoms with van der Waals surface area (Å²) in [6, 6.07) is 3.95. The molecule has 0 aliphatic carbocycles. The molecule has 0 aromatic carbocycles. The predicted octanol–water partition coefficient (Wildman–Crippen LogP) is 4.14. The summed E-state index contributed by atoms with van der Waals surface area (Å²) in [5.74, 6) is 0.309. The quantitative estimate of drug-likeness (QED) is 0.671. The van der Waals surface area contributed by atoms with Crippen LogP contribution >= 0.6 is 22.7 Å². The molecular weight excluding hydrogens is 320 g/mol. The molecule has 7 heteroatoms. The van der Waals surface area contributed by atoms with Crippen molar-refractivity contribution in [1.29, 1.82) is 0 Å². The van der Waals surface area contributed by atoms with Crippen LogP contribution in [0, 0.1) is 20.8 Å². The molecule has 0 amide bonds. The lowest BCUT2D eigenvalue weighted by molar-refractivity contribution is 0.0475. The third-order valence-electron chi connectivity index (χ3n) is 3.24. The van der Waals surface area contributed by atoms with E-state index < -0.39 is 0 Å². The number of ether oxygens (including phenoxy) is 1. The fourth-order valence-corrected chi connectivity index (χ4v) is 3.76. The van der Waals surface area contributed by atoms with E-state index >= 15 is 0 Å². The molecule has 0 fully saturated rings. The molecule has 0 spiro atoms. The lowest BCUT2D eigenvalue weighted by atomic mass is 10.2. The molecule has 3 heterocycles. The van der Waals surface area contributed by atoms with Crippen LogP contribution in [0.3, 0.4) is 0 Å². The minimum absolute atomic E-state index is 0.158. The number of hydrogen-bond donors (Lipinski definition) is 0. The fraction of sp³-hybridized carbons (Fsp3) is 0.267. The van der Waals surface area contributed by atoms with Gasteiger partial charge in [-0.3, -0.25) is 0 Å². The van der Waals surface area contributed by atoms with Crippen LogP contribution < -0.4 is 0 Å². The molecule has 114 valence electrons. The summed E-state index contributed by atoms with van der Waals surface area (Å²) < 4.78 is 10.4. The van der Waals surface area contributed by atoms with E-state index in [0.29, 0.717) is 16.3 Å². The van der Waals surface area contributed by atoms with Crippen LogP contribution in [0.5, 0.6) is 0 Å². The lowest BCUT2D eigenvalue weighted by Gasteiger charge is -2.02. The fourth-order valence-electron chi connectivity index (χ4n) is 2.00. The van der Waals surface area contributed by atoms with Gasteiger partial charge in [0, 0.05) is 0 Å². The molecule has 22 heavy (non-hydrogen) atoms. The average Bonchev–Trinajstić information content (AvgIpc) is 3.19. The van der Waals surface area contributed by atoms with Gasteiger partial charge in [0.05, 0.1) is 21.8 Å². The summed E-state index contributed by atoms with van der Waals surface area (Å²) in [6.45, 7) is 5.61. The highest BCUT2D eigenvalue weighted by atomic mass is 32.1. The van der Waals surface area contributed by atoms with E-state index in [1.165, 1.54) is 11.3 Å². The number of hydrogen-bond acceptors (Lipinski definition) is 7. The van der Waals surface area contributed by atoms with E-state index in [-0.39, 0.29) is 12.6 Å². The highest BCUT2D eigenvalue weighted by Gasteiger charge is 2.19. The summed E-state index contributed by atoms with van der Waals surface area (Å²) in [7, 11) is 0. The van der Waals surface area contributed by atoms with E-state index in [1.54, 1.807) is 18.3 Å². The zero-order valence-electron chi connectivity index (χ0n) is 12.4. The smallest absolute Gasteiger partial charge is 0.350 e.